The van der Waals surface area contributed by atoms with Crippen molar-refractivity contribution >= 4 is 16.9 Å². The fourth-order valence-corrected chi connectivity index (χ4v) is 2.76. The molecule has 1 atom stereocenters. The lowest BCUT2D eigenvalue weighted by atomic mass is 10.1. The number of aryl methyl sites for hydroxylation is 1. The highest BCUT2D eigenvalue weighted by atomic mass is 16.6. The van der Waals surface area contributed by atoms with E-state index in [1.807, 2.05) is 6.07 Å². The molecule has 0 N–H and O–H groups in total. The Morgan fingerprint density at radius 2 is 2.05 bits per heavy atom. The van der Waals surface area contributed by atoms with Gasteiger partial charge < -0.3 is 13.9 Å². The van der Waals surface area contributed by atoms with Gasteiger partial charge in [0, 0.05) is 17.0 Å². The number of hydrogen-bond donors (Lipinski definition) is 0. The summed E-state index contributed by atoms with van der Waals surface area (Å²) < 4.78 is 15.5. The number of ether oxygens (including phenoxy) is 2. The Balaban J connectivity index is 2.00. The molecule has 0 spiro atoms. The van der Waals surface area contributed by atoms with Gasteiger partial charge in [-0.2, -0.15) is 0 Å². The molecule has 0 bridgehead atoms. The van der Waals surface area contributed by atoms with Crippen LogP contribution in [0.2, 0.25) is 0 Å². The molecule has 0 saturated carbocycles. The smallest absolute Gasteiger partial charge is 0.346 e. The molecule has 0 aliphatic heterocycles. The second-order valence-electron chi connectivity index (χ2n) is 5.14. The summed E-state index contributed by atoms with van der Waals surface area (Å²) in [5.74, 6) is 0.0204. The number of carbonyl (C=O) groups excluding carboxylic acids is 1. The summed E-state index contributed by atoms with van der Waals surface area (Å²) in [7, 11) is 1.31. The van der Waals surface area contributed by atoms with Crippen LogP contribution in [0.4, 0.5) is 0 Å². The molecular weight excluding hydrogens is 272 g/mol. The zero-order chi connectivity index (χ0) is 15.0. The summed E-state index contributed by atoms with van der Waals surface area (Å²) in [5.41, 5.74) is 2.09. The van der Waals surface area contributed by atoms with Gasteiger partial charge >= 0.3 is 11.6 Å². The van der Waals surface area contributed by atoms with E-state index in [0.29, 0.717) is 11.3 Å². The second-order valence-corrected chi connectivity index (χ2v) is 5.14. The molecule has 0 saturated heterocycles. The largest absolute Gasteiger partial charge is 0.479 e. The van der Waals surface area contributed by atoms with Crippen molar-refractivity contribution < 1.29 is 18.7 Å². The first-order valence-corrected chi connectivity index (χ1v) is 6.93. The van der Waals surface area contributed by atoms with Gasteiger partial charge in [0.15, 0.2) is 6.10 Å². The Kier molecular flexibility index (Phi) is 3.41. The molecule has 1 aliphatic rings. The number of esters is 1. The van der Waals surface area contributed by atoms with Crippen LogP contribution in [0.15, 0.2) is 27.4 Å². The van der Waals surface area contributed by atoms with E-state index in [1.165, 1.54) is 7.11 Å². The summed E-state index contributed by atoms with van der Waals surface area (Å²) >= 11 is 0. The summed E-state index contributed by atoms with van der Waals surface area (Å²) in [6, 6.07) is 5.30. The van der Waals surface area contributed by atoms with Crippen LogP contribution in [-0.2, 0) is 22.4 Å². The van der Waals surface area contributed by atoms with Crippen LogP contribution in [0.3, 0.4) is 0 Å². The standard InChI is InChI=1S/C16H16O5/c1-9(15(17)19-2)20-10-6-7-12-11-4-3-5-13(11)16(18)21-14(12)8-10/h6-9H,3-5H2,1-2H3/t9-/m1/s1. The molecular formula is C16H16O5. The van der Waals surface area contributed by atoms with Crippen LogP contribution in [0.5, 0.6) is 5.75 Å². The van der Waals surface area contributed by atoms with E-state index in [1.54, 1.807) is 19.1 Å². The minimum atomic E-state index is -0.714. The third-order valence-electron chi connectivity index (χ3n) is 3.79. The monoisotopic (exact) mass is 288 g/mol. The van der Waals surface area contributed by atoms with E-state index in [0.717, 1.165) is 35.8 Å². The number of carbonyl (C=O) groups is 1. The first kappa shape index (κ1) is 13.7. The molecule has 1 aromatic carbocycles. The maximum atomic E-state index is 11.9. The number of benzene rings is 1. The van der Waals surface area contributed by atoms with Gasteiger partial charge in [-0.05, 0) is 43.9 Å². The number of hydrogen-bond acceptors (Lipinski definition) is 5. The molecule has 0 radical (unpaired) electrons. The van der Waals surface area contributed by atoms with Crippen molar-refractivity contribution in [2.24, 2.45) is 0 Å². The van der Waals surface area contributed by atoms with Gasteiger partial charge in [-0.15, -0.1) is 0 Å². The van der Waals surface area contributed by atoms with Crippen LogP contribution < -0.4 is 10.4 Å². The van der Waals surface area contributed by atoms with E-state index in [9.17, 15) is 9.59 Å². The molecule has 1 aromatic heterocycles. The minimum Gasteiger partial charge on any atom is -0.479 e. The third-order valence-corrected chi connectivity index (χ3v) is 3.79. The van der Waals surface area contributed by atoms with E-state index in [2.05, 4.69) is 4.74 Å². The van der Waals surface area contributed by atoms with Crippen LogP contribution >= 0.6 is 0 Å². The maximum Gasteiger partial charge on any atom is 0.346 e. The topological polar surface area (TPSA) is 65.7 Å². The summed E-state index contributed by atoms with van der Waals surface area (Å²) in [6.07, 6.45) is 1.95. The summed E-state index contributed by atoms with van der Waals surface area (Å²) in [5, 5.41) is 0.945. The lowest BCUT2D eigenvalue weighted by molar-refractivity contribution is -0.147. The molecule has 5 nitrogen and oxygen atoms in total. The minimum absolute atomic E-state index is 0.270. The normalized spacial score (nSPS) is 14.8. The van der Waals surface area contributed by atoms with Gasteiger partial charge in [0.25, 0.3) is 0 Å². The molecule has 1 aliphatic carbocycles. The van der Waals surface area contributed by atoms with E-state index >= 15 is 0 Å². The highest BCUT2D eigenvalue weighted by Crippen LogP contribution is 2.29. The molecule has 2 aromatic rings. The molecule has 110 valence electrons. The Morgan fingerprint density at radius 3 is 2.81 bits per heavy atom. The molecule has 0 fully saturated rings. The number of rotatable bonds is 3. The van der Waals surface area contributed by atoms with Gasteiger partial charge in [-0.1, -0.05) is 0 Å². The Hall–Kier alpha value is -2.30. The molecule has 21 heavy (non-hydrogen) atoms. The van der Waals surface area contributed by atoms with Crippen molar-refractivity contribution in [2.75, 3.05) is 7.11 Å². The maximum absolute atomic E-state index is 11.9. The average molecular weight is 288 g/mol. The first-order valence-electron chi connectivity index (χ1n) is 6.93. The van der Waals surface area contributed by atoms with Crippen LogP contribution in [0.25, 0.3) is 11.0 Å². The number of fused-ring (bicyclic) bond motifs is 3. The predicted octanol–water partition coefficient (Wildman–Crippen LogP) is 2.22. The van der Waals surface area contributed by atoms with Crippen molar-refractivity contribution in [3.05, 3.63) is 39.7 Å². The summed E-state index contributed by atoms with van der Waals surface area (Å²) in [4.78, 5) is 23.3. The summed E-state index contributed by atoms with van der Waals surface area (Å²) in [6.45, 7) is 1.61. The van der Waals surface area contributed by atoms with Crippen molar-refractivity contribution in [1.29, 1.82) is 0 Å². The zero-order valence-corrected chi connectivity index (χ0v) is 12.0. The van der Waals surface area contributed by atoms with E-state index in [-0.39, 0.29) is 5.63 Å². The van der Waals surface area contributed by atoms with E-state index in [4.69, 9.17) is 9.15 Å². The van der Waals surface area contributed by atoms with Gasteiger partial charge in [-0.3, -0.25) is 0 Å². The molecule has 0 amide bonds. The van der Waals surface area contributed by atoms with Gasteiger partial charge in [0.05, 0.1) is 7.11 Å². The highest BCUT2D eigenvalue weighted by Gasteiger charge is 2.20. The second kappa shape index (κ2) is 5.24. The first-order chi connectivity index (χ1) is 10.1. The average Bonchev–Trinajstić information content (AvgIpc) is 2.96. The van der Waals surface area contributed by atoms with Crippen molar-refractivity contribution in [1.82, 2.24) is 0 Å². The highest BCUT2D eigenvalue weighted by molar-refractivity contribution is 5.83. The molecule has 1 heterocycles. The third kappa shape index (κ3) is 2.39. The van der Waals surface area contributed by atoms with Crippen LogP contribution in [0.1, 0.15) is 24.5 Å². The van der Waals surface area contributed by atoms with Crippen LogP contribution in [-0.4, -0.2) is 19.2 Å². The quantitative estimate of drug-likeness (QED) is 0.640. The SMILES string of the molecule is COC(=O)[C@@H](C)Oc1ccc2c3c(c(=O)oc2c1)CCC3. The Morgan fingerprint density at radius 1 is 1.29 bits per heavy atom. The van der Waals surface area contributed by atoms with Crippen LogP contribution in [0, 0.1) is 0 Å². The fourth-order valence-electron chi connectivity index (χ4n) is 2.76. The van der Waals surface area contributed by atoms with Gasteiger partial charge in [-0.25, -0.2) is 9.59 Å². The van der Waals surface area contributed by atoms with Gasteiger partial charge in [0.2, 0.25) is 0 Å². The van der Waals surface area contributed by atoms with E-state index < -0.39 is 12.1 Å². The lowest BCUT2D eigenvalue weighted by Gasteiger charge is -2.13. The number of methoxy groups -OCH3 is 1. The Labute approximate surface area is 121 Å². The Bertz CT molecular complexity index is 759. The molecule has 3 rings (SSSR count). The van der Waals surface area contributed by atoms with Crippen molar-refractivity contribution in [2.45, 2.75) is 32.3 Å². The van der Waals surface area contributed by atoms with Crippen molar-refractivity contribution in [3.63, 3.8) is 0 Å². The molecule has 0 unspecified atom stereocenters. The van der Waals surface area contributed by atoms with Crippen molar-refractivity contribution in [3.8, 4) is 5.75 Å². The zero-order valence-electron chi connectivity index (χ0n) is 12.0. The fraction of sp³-hybridized carbons (Fsp3) is 0.375. The van der Waals surface area contributed by atoms with Gasteiger partial charge in [0.1, 0.15) is 11.3 Å². The molecule has 5 heteroatoms. The lowest BCUT2D eigenvalue weighted by Crippen LogP contribution is -2.24. The predicted molar refractivity (Wildman–Crippen MR) is 76.6 cm³/mol.